The molecule has 0 saturated carbocycles. The Balaban J connectivity index is 1.51. The largest absolute Gasteiger partial charge is 0.366 e. The second-order valence-corrected chi connectivity index (χ2v) is 7.26. The van der Waals surface area contributed by atoms with Crippen LogP contribution >= 0.6 is 11.8 Å². The Labute approximate surface area is 135 Å². The fourth-order valence-corrected chi connectivity index (χ4v) is 4.40. The number of halogens is 1. The molecule has 1 atom stereocenters. The monoisotopic (exact) mass is 322 g/mol. The van der Waals surface area contributed by atoms with Crippen LogP contribution in [0, 0.1) is 11.7 Å². The van der Waals surface area contributed by atoms with Crippen LogP contribution in [0.3, 0.4) is 0 Å². The normalized spacial score (nSPS) is 22.7. The summed E-state index contributed by atoms with van der Waals surface area (Å²) in [6.45, 7) is 2.83. The van der Waals surface area contributed by atoms with Gasteiger partial charge >= 0.3 is 0 Å². The number of hydrogen-bond acceptors (Lipinski definition) is 3. The summed E-state index contributed by atoms with van der Waals surface area (Å²) in [7, 11) is 0. The van der Waals surface area contributed by atoms with Crippen molar-refractivity contribution in [1.82, 2.24) is 4.90 Å². The van der Waals surface area contributed by atoms with E-state index in [1.54, 1.807) is 6.07 Å². The van der Waals surface area contributed by atoms with E-state index in [4.69, 9.17) is 0 Å². The molecule has 0 aromatic heterocycles. The molecule has 3 rings (SSSR count). The number of thioether (sulfide) groups is 1. The van der Waals surface area contributed by atoms with Crippen molar-refractivity contribution in [3.63, 3.8) is 0 Å². The van der Waals surface area contributed by atoms with E-state index in [-0.39, 0.29) is 11.7 Å². The molecule has 0 aliphatic carbocycles. The Morgan fingerprint density at radius 3 is 2.68 bits per heavy atom. The van der Waals surface area contributed by atoms with Crippen LogP contribution in [-0.4, -0.2) is 48.5 Å². The molecule has 0 N–H and O–H groups in total. The fourth-order valence-electron chi connectivity index (χ4n) is 3.25. The average molecular weight is 322 g/mol. The van der Waals surface area contributed by atoms with Gasteiger partial charge in [0.05, 0.1) is 5.69 Å². The van der Waals surface area contributed by atoms with Crippen molar-refractivity contribution in [2.75, 3.05) is 42.6 Å². The third kappa shape index (κ3) is 3.75. The van der Waals surface area contributed by atoms with Gasteiger partial charge in [0.15, 0.2) is 0 Å². The zero-order chi connectivity index (χ0) is 15.4. The quantitative estimate of drug-likeness (QED) is 0.855. The van der Waals surface area contributed by atoms with Gasteiger partial charge in [-0.3, -0.25) is 4.79 Å². The molecule has 2 aliphatic rings. The van der Waals surface area contributed by atoms with Crippen molar-refractivity contribution in [2.24, 2.45) is 5.92 Å². The van der Waals surface area contributed by atoms with E-state index < -0.39 is 0 Å². The second kappa shape index (κ2) is 7.36. The fraction of sp³-hybridized carbons (Fsp3) is 0.588. The maximum Gasteiger partial charge on any atom is 0.222 e. The van der Waals surface area contributed by atoms with Crippen LogP contribution in [0.1, 0.15) is 19.3 Å². The first-order chi connectivity index (χ1) is 10.7. The smallest absolute Gasteiger partial charge is 0.222 e. The number of piperazine rings is 1. The lowest BCUT2D eigenvalue weighted by Crippen LogP contribution is -2.49. The first kappa shape index (κ1) is 15.7. The van der Waals surface area contributed by atoms with Crippen LogP contribution in [0.15, 0.2) is 24.3 Å². The highest BCUT2D eigenvalue weighted by atomic mass is 32.2. The first-order valence-corrected chi connectivity index (χ1v) is 9.24. The zero-order valence-electron chi connectivity index (χ0n) is 12.8. The van der Waals surface area contributed by atoms with Crippen LogP contribution in [-0.2, 0) is 4.79 Å². The van der Waals surface area contributed by atoms with Gasteiger partial charge in [-0.25, -0.2) is 4.39 Å². The molecule has 1 unspecified atom stereocenters. The highest BCUT2D eigenvalue weighted by Gasteiger charge is 2.25. The minimum Gasteiger partial charge on any atom is -0.366 e. The van der Waals surface area contributed by atoms with Gasteiger partial charge in [0.1, 0.15) is 5.82 Å². The van der Waals surface area contributed by atoms with E-state index in [0.717, 1.165) is 5.75 Å². The summed E-state index contributed by atoms with van der Waals surface area (Å²) >= 11 is 1.97. The molecule has 2 fully saturated rings. The Kier molecular flexibility index (Phi) is 5.24. The number of carbonyl (C=O) groups excluding carboxylic acids is 1. The average Bonchev–Trinajstić information content (AvgIpc) is 2.56. The standard InChI is InChI=1S/C17H23FN2OS/c18-15-5-1-2-6-16(15)19-7-9-20(10-8-19)17(21)12-14-4-3-11-22-13-14/h1-2,5-6,14H,3-4,7-13H2. The molecule has 2 heterocycles. The highest BCUT2D eigenvalue weighted by Crippen LogP contribution is 2.26. The lowest BCUT2D eigenvalue weighted by molar-refractivity contribution is -0.132. The zero-order valence-corrected chi connectivity index (χ0v) is 13.7. The summed E-state index contributed by atoms with van der Waals surface area (Å²) in [5, 5.41) is 0. The molecule has 2 saturated heterocycles. The summed E-state index contributed by atoms with van der Waals surface area (Å²) in [5.74, 6) is 3.02. The Morgan fingerprint density at radius 1 is 1.23 bits per heavy atom. The van der Waals surface area contributed by atoms with Gasteiger partial charge in [0.2, 0.25) is 5.91 Å². The number of amides is 1. The topological polar surface area (TPSA) is 23.6 Å². The lowest BCUT2D eigenvalue weighted by atomic mass is 10.0. The van der Waals surface area contributed by atoms with Crippen molar-refractivity contribution >= 4 is 23.4 Å². The van der Waals surface area contributed by atoms with Gasteiger partial charge in [0.25, 0.3) is 0 Å². The molecular weight excluding hydrogens is 299 g/mol. The number of hydrogen-bond donors (Lipinski definition) is 0. The molecule has 0 bridgehead atoms. The number of para-hydroxylation sites is 1. The van der Waals surface area contributed by atoms with E-state index in [1.807, 2.05) is 33.7 Å². The van der Waals surface area contributed by atoms with Crippen molar-refractivity contribution in [3.05, 3.63) is 30.1 Å². The van der Waals surface area contributed by atoms with E-state index >= 15 is 0 Å². The van der Waals surface area contributed by atoms with E-state index in [9.17, 15) is 9.18 Å². The predicted octanol–water partition coefficient (Wildman–Crippen LogP) is 3.01. The van der Waals surface area contributed by atoms with Gasteiger partial charge in [-0.15, -0.1) is 0 Å². The van der Waals surface area contributed by atoms with Gasteiger partial charge in [-0.1, -0.05) is 12.1 Å². The minimum absolute atomic E-state index is 0.179. The maximum atomic E-state index is 13.8. The molecule has 3 nitrogen and oxygen atoms in total. The lowest BCUT2D eigenvalue weighted by Gasteiger charge is -2.37. The number of carbonyl (C=O) groups is 1. The molecule has 1 amide bonds. The van der Waals surface area contributed by atoms with Gasteiger partial charge in [-0.2, -0.15) is 11.8 Å². The Morgan fingerprint density at radius 2 is 2.00 bits per heavy atom. The summed E-state index contributed by atoms with van der Waals surface area (Å²) in [5.41, 5.74) is 0.651. The maximum absolute atomic E-state index is 13.8. The molecule has 5 heteroatoms. The van der Waals surface area contributed by atoms with Crippen LogP contribution in [0.4, 0.5) is 10.1 Å². The van der Waals surface area contributed by atoms with Crippen molar-refractivity contribution in [3.8, 4) is 0 Å². The number of benzene rings is 1. The third-order valence-corrected chi connectivity index (χ3v) is 5.83. The van der Waals surface area contributed by atoms with Crippen molar-refractivity contribution in [2.45, 2.75) is 19.3 Å². The summed E-state index contributed by atoms with van der Waals surface area (Å²) in [6.07, 6.45) is 3.12. The van der Waals surface area contributed by atoms with E-state index in [2.05, 4.69) is 0 Å². The molecule has 1 aromatic rings. The Hall–Kier alpha value is -1.23. The number of nitrogens with zero attached hydrogens (tertiary/aromatic N) is 2. The third-order valence-electron chi connectivity index (χ3n) is 4.54. The minimum atomic E-state index is -0.179. The van der Waals surface area contributed by atoms with Crippen molar-refractivity contribution in [1.29, 1.82) is 0 Å². The van der Waals surface area contributed by atoms with E-state index in [0.29, 0.717) is 44.2 Å². The summed E-state index contributed by atoms with van der Waals surface area (Å²) < 4.78 is 13.8. The van der Waals surface area contributed by atoms with Crippen LogP contribution < -0.4 is 4.90 Å². The SMILES string of the molecule is O=C(CC1CCCSC1)N1CCN(c2ccccc2F)CC1. The Bertz CT molecular complexity index is 511. The number of anilines is 1. The predicted molar refractivity (Wildman–Crippen MR) is 89.9 cm³/mol. The van der Waals surface area contributed by atoms with Gasteiger partial charge < -0.3 is 9.80 Å². The first-order valence-electron chi connectivity index (χ1n) is 8.09. The molecule has 0 radical (unpaired) electrons. The van der Waals surface area contributed by atoms with E-state index in [1.165, 1.54) is 24.7 Å². The summed E-state index contributed by atoms with van der Waals surface area (Å²) in [6, 6.07) is 6.87. The molecule has 22 heavy (non-hydrogen) atoms. The molecule has 2 aliphatic heterocycles. The second-order valence-electron chi connectivity index (χ2n) is 6.11. The molecule has 1 aromatic carbocycles. The van der Waals surface area contributed by atoms with Gasteiger partial charge in [0, 0.05) is 32.6 Å². The van der Waals surface area contributed by atoms with Crippen LogP contribution in [0.5, 0.6) is 0 Å². The molecular formula is C17H23FN2OS. The number of rotatable bonds is 3. The molecule has 0 spiro atoms. The van der Waals surface area contributed by atoms with Gasteiger partial charge in [-0.05, 0) is 42.4 Å². The van der Waals surface area contributed by atoms with Crippen LogP contribution in [0.2, 0.25) is 0 Å². The summed E-state index contributed by atoms with van der Waals surface area (Å²) in [4.78, 5) is 16.4. The molecule has 120 valence electrons. The highest BCUT2D eigenvalue weighted by molar-refractivity contribution is 7.99. The van der Waals surface area contributed by atoms with Crippen molar-refractivity contribution < 1.29 is 9.18 Å². The van der Waals surface area contributed by atoms with Crippen LogP contribution in [0.25, 0.3) is 0 Å².